The number of aromatic nitrogens is 2. The molecule has 6 rings (SSSR count). The van der Waals surface area contributed by atoms with Crippen LogP contribution in [-0.2, 0) is 22.6 Å². The predicted molar refractivity (Wildman–Crippen MR) is 171 cm³/mol. The van der Waals surface area contributed by atoms with Gasteiger partial charge >= 0.3 is 0 Å². The predicted octanol–water partition coefficient (Wildman–Crippen LogP) is 4.66. The summed E-state index contributed by atoms with van der Waals surface area (Å²) in [6.45, 7) is 1.78. The van der Waals surface area contributed by atoms with Gasteiger partial charge in [0.05, 0.1) is 25.3 Å². The van der Waals surface area contributed by atoms with Crippen LogP contribution >= 0.6 is 0 Å². The van der Waals surface area contributed by atoms with Crippen molar-refractivity contribution in [3.8, 4) is 11.8 Å². The molecule has 9 heteroatoms. The van der Waals surface area contributed by atoms with Crippen LogP contribution in [0.4, 0.5) is 0 Å². The van der Waals surface area contributed by atoms with Crippen molar-refractivity contribution in [2.45, 2.75) is 25.4 Å². The fourth-order valence-electron chi connectivity index (χ4n) is 5.88. The molecule has 9 nitrogen and oxygen atoms in total. The molecular weight excluding hydrogens is 552 g/mol. The molecule has 0 bridgehead atoms. The van der Waals surface area contributed by atoms with Crippen molar-refractivity contribution in [3.63, 3.8) is 0 Å². The third-order valence-corrected chi connectivity index (χ3v) is 8.21. The van der Waals surface area contributed by atoms with Crippen LogP contribution in [0, 0.1) is 11.3 Å². The number of nitrogens with zero attached hydrogens (tertiary/aromatic N) is 2. The van der Waals surface area contributed by atoms with Gasteiger partial charge in [-0.2, -0.15) is 5.26 Å². The summed E-state index contributed by atoms with van der Waals surface area (Å²) in [5, 5.41) is 17.4. The summed E-state index contributed by atoms with van der Waals surface area (Å²) < 4.78 is 5.43. The Kier molecular flexibility index (Phi) is 8.43. The van der Waals surface area contributed by atoms with Crippen LogP contribution in [0.25, 0.3) is 27.4 Å². The lowest BCUT2D eigenvalue weighted by Crippen LogP contribution is -2.50. The quantitative estimate of drug-likeness (QED) is 0.189. The Balaban J connectivity index is 1.13. The molecule has 0 aliphatic carbocycles. The molecule has 1 atom stereocenters. The van der Waals surface area contributed by atoms with Gasteiger partial charge in [-0.25, -0.2) is 0 Å². The second kappa shape index (κ2) is 12.9. The third kappa shape index (κ3) is 6.21. The number of H-pyrrole nitrogens is 2. The number of nitriles is 1. The summed E-state index contributed by atoms with van der Waals surface area (Å²) in [5.74, 6) is 0.233. The van der Waals surface area contributed by atoms with E-state index in [4.69, 9.17) is 4.74 Å². The van der Waals surface area contributed by atoms with Gasteiger partial charge in [0.15, 0.2) is 0 Å². The summed E-state index contributed by atoms with van der Waals surface area (Å²) in [5.41, 5.74) is 6.70. The number of hydrogen-bond acceptors (Lipinski definition) is 5. The summed E-state index contributed by atoms with van der Waals surface area (Å²) in [6.07, 6.45) is 7.15. The molecular formula is C35H34N6O3. The van der Waals surface area contributed by atoms with Gasteiger partial charge in [0, 0.05) is 71.4 Å². The standard InChI is InChI=1S/C35H34N6O3/c1-44-33-9-5-2-6-25(33)19-39-35(43)32(17-26-20-37-30-8-4-3-7-27(26)30)40-34(42)22-41-14-12-24(13-15-41)29-21-38-31-11-10-23(18-36)16-28(29)31/h2-12,16,20-21,32,37-38H,13-15,17,19,22H2,1H3,(H,39,43)(H,40,42). The second-order valence-corrected chi connectivity index (χ2v) is 11.0. The molecule has 222 valence electrons. The van der Waals surface area contributed by atoms with E-state index in [1.807, 2.05) is 79.1 Å². The summed E-state index contributed by atoms with van der Waals surface area (Å²) >= 11 is 0. The van der Waals surface area contributed by atoms with Crippen molar-refractivity contribution in [1.29, 1.82) is 5.26 Å². The van der Waals surface area contributed by atoms with Gasteiger partial charge in [-0.05, 0) is 47.9 Å². The number of nitrogens with one attached hydrogen (secondary N) is 4. The molecule has 0 saturated carbocycles. The molecule has 44 heavy (non-hydrogen) atoms. The van der Waals surface area contributed by atoms with Gasteiger partial charge in [0.25, 0.3) is 0 Å². The minimum Gasteiger partial charge on any atom is -0.496 e. The SMILES string of the molecule is COc1ccccc1CNC(=O)C(Cc1c[nH]c2ccccc12)NC(=O)CN1CC=C(c2c[nH]c3ccc(C#N)cc23)CC1. The van der Waals surface area contributed by atoms with E-state index in [0.717, 1.165) is 44.9 Å². The van der Waals surface area contributed by atoms with E-state index >= 15 is 0 Å². The normalized spacial score (nSPS) is 14.1. The molecule has 3 aromatic carbocycles. The van der Waals surface area contributed by atoms with Crippen LogP contribution in [-0.4, -0.2) is 59.5 Å². The van der Waals surface area contributed by atoms with E-state index < -0.39 is 6.04 Å². The van der Waals surface area contributed by atoms with Crippen LogP contribution in [0.2, 0.25) is 0 Å². The average Bonchev–Trinajstić information content (AvgIpc) is 3.67. The van der Waals surface area contributed by atoms with E-state index in [-0.39, 0.29) is 24.9 Å². The molecule has 0 radical (unpaired) electrons. The van der Waals surface area contributed by atoms with Crippen LogP contribution < -0.4 is 15.4 Å². The lowest BCUT2D eigenvalue weighted by Gasteiger charge is -2.27. The number of amides is 2. The minimum atomic E-state index is -0.757. The lowest BCUT2D eigenvalue weighted by atomic mass is 9.98. The Morgan fingerprint density at radius 1 is 1.00 bits per heavy atom. The summed E-state index contributed by atoms with van der Waals surface area (Å²) in [7, 11) is 1.60. The minimum absolute atomic E-state index is 0.181. The first-order valence-electron chi connectivity index (χ1n) is 14.7. The number of para-hydroxylation sites is 2. The number of hydrogen-bond donors (Lipinski definition) is 4. The van der Waals surface area contributed by atoms with E-state index in [2.05, 4.69) is 37.6 Å². The molecule has 5 aromatic rings. The summed E-state index contributed by atoms with van der Waals surface area (Å²) in [6, 6.07) is 22.6. The maximum atomic E-state index is 13.5. The highest BCUT2D eigenvalue weighted by Crippen LogP contribution is 2.30. The van der Waals surface area contributed by atoms with Crippen molar-refractivity contribution >= 4 is 39.2 Å². The topological polar surface area (TPSA) is 126 Å². The maximum Gasteiger partial charge on any atom is 0.243 e. The molecule has 3 heterocycles. The second-order valence-electron chi connectivity index (χ2n) is 11.0. The fraction of sp³-hybridized carbons (Fsp3) is 0.229. The van der Waals surface area contributed by atoms with Gasteiger partial charge in [0.2, 0.25) is 11.8 Å². The van der Waals surface area contributed by atoms with Crippen molar-refractivity contribution < 1.29 is 14.3 Å². The molecule has 1 unspecified atom stereocenters. The van der Waals surface area contributed by atoms with Crippen LogP contribution in [0.5, 0.6) is 5.75 Å². The van der Waals surface area contributed by atoms with E-state index in [1.165, 1.54) is 5.57 Å². The zero-order valence-corrected chi connectivity index (χ0v) is 24.5. The largest absolute Gasteiger partial charge is 0.496 e. The smallest absolute Gasteiger partial charge is 0.243 e. The van der Waals surface area contributed by atoms with Crippen LogP contribution in [0.15, 0.2) is 85.2 Å². The molecule has 1 aliphatic rings. The average molecular weight is 587 g/mol. The Labute approximate surface area is 255 Å². The van der Waals surface area contributed by atoms with Crippen molar-refractivity contribution in [2.75, 3.05) is 26.7 Å². The van der Waals surface area contributed by atoms with E-state index in [0.29, 0.717) is 30.8 Å². The van der Waals surface area contributed by atoms with Gasteiger partial charge in [0.1, 0.15) is 11.8 Å². The van der Waals surface area contributed by atoms with E-state index in [1.54, 1.807) is 7.11 Å². The van der Waals surface area contributed by atoms with Crippen molar-refractivity contribution in [3.05, 3.63) is 107 Å². The zero-order valence-electron chi connectivity index (χ0n) is 24.5. The van der Waals surface area contributed by atoms with Crippen LogP contribution in [0.1, 0.15) is 28.7 Å². The van der Waals surface area contributed by atoms with Crippen LogP contribution in [0.3, 0.4) is 0 Å². The zero-order chi connectivity index (χ0) is 30.5. The highest BCUT2D eigenvalue weighted by molar-refractivity contribution is 5.94. The first-order valence-corrected chi connectivity index (χ1v) is 14.7. The number of carbonyl (C=O) groups is 2. The van der Waals surface area contributed by atoms with Crippen molar-refractivity contribution in [2.24, 2.45) is 0 Å². The number of aromatic amines is 2. The number of carbonyl (C=O) groups excluding carboxylic acids is 2. The first kappa shape index (κ1) is 28.8. The molecule has 2 amide bonds. The monoisotopic (exact) mass is 586 g/mol. The van der Waals surface area contributed by atoms with Gasteiger partial charge < -0.3 is 25.3 Å². The Hall–Kier alpha value is -5.33. The molecule has 0 fully saturated rings. The Morgan fingerprint density at radius 3 is 2.61 bits per heavy atom. The highest BCUT2D eigenvalue weighted by atomic mass is 16.5. The van der Waals surface area contributed by atoms with Gasteiger partial charge in [-0.3, -0.25) is 14.5 Å². The third-order valence-electron chi connectivity index (χ3n) is 8.21. The molecule has 1 aliphatic heterocycles. The van der Waals surface area contributed by atoms with Gasteiger partial charge in [-0.1, -0.05) is 42.5 Å². The number of fused-ring (bicyclic) bond motifs is 2. The molecule has 0 spiro atoms. The highest BCUT2D eigenvalue weighted by Gasteiger charge is 2.25. The number of ether oxygens (including phenoxy) is 1. The summed E-state index contributed by atoms with van der Waals surface area (Å²) in [4.78, 5) is 35.5. The Morgan fingerprint density at radius 2 is 1.80 bits per heavy atom. The molecule has 0 saturated heterocycles. The molecule has 2 aromatic heterocycles. The number of methoxy groups -OCH3 is 1. The van der Waals surface area contributed by atoms with E-state index in [9.17, 15) is 14.9 Å². The fourth-order valence-corrected chi connectivity index (χ4v) is 5.88. The van der Waals surface area contributed by atoms with Gasteiger partial charge in [-0.15, -0.1) is 0 Å². The van der Waals surface area contributed by atoms with Crippen molar-refractivity contribution in [1.82, 2.24) is 25.5 Å². The number of benzene rings is 3. The maximum absolute atomic E-state index is 13.5. The number of rotatable bonds is 10. The first-order chi connectivity index (χ1) is 21.5. The Bertz CT molecular complexity index is 1900. The lowest BCUT2D eigenvalue weighted by molar-refractivity contribution is -0.129. The molecule has 4 N–H and O–H groups in total.